The van der Waals surface area contributed by atoms with Gasteiger partial charge >= 0.3 is 11.7 Å². The molecule has 1 heterocycles. The van der Waals surface area contributed by atoms with Crippen LogP contribution < -0.4 is 9.42 Å². The molecule has 0 saturated heterocycles. The fourth-order valence-corrected chi connectivity index (χ4v) is 3.82. The summed E-state index contributed by atoms with van der Waals surface area (Å²) >= 11 is 12.3. The van der Waals surface area contributed by atoms with E-state index in [0.717, 1.165) is 28.0 Å². The summed E-state index contributed by atoms with van der Waals surface area (Å²) in [4.78, 5) is 12.7. The molecule has 0 bridgehead atoms. The maximum atomic E-state index is 12.7. The van der Waals surface area contributed by atoms with Crippen LogP contribution in [0.25, 0.3) is 22.4 Å². The van der Waals surface area contributed by atoms with Crippen LogP contribution in [0.1, 0.15) is 23.0 Å². The SMILES string of the molecule is CCOC(=O)c1n[nH][n+](Cc2ccc(OC)cc2)c1-c1cccc(-c2ccc(Cl)c(Cl)c2)c1. The summed E-state index contributed by atoms with van der Waals surface area (Å²) in [6, 6.07) is 21.0. The minimum atomic E-state index is -0.489. The zero-order valence-corrected chi connectivity index (χ0v) is 19.7. The first-order chi connectivity index (χ1) is 16.0. The lowest BCUT2D eigenvalue weighted by Gasteiger charge is -2.07. The molecule has 0 saturated carbocycles. The smallest absolute Gasteiger partial charge is 0.390 e. The summed E-state index contributed by atoms with van der Waals surface area (Å²) in [5.74, 6) is 0.285. The Hall–Kier alpha value is -3.35. The second kappa shape index (κ2) is 10.1. The number of nitrogens with one attached hydrogen (secondary N) is 1. The van der Waals surface area contributed by atoms with Gasteiger partial charge < -0.3 is 9.47 Å². The van der Waals surface area contributed by atoms with Crippen molar-refractivity contribution in [1.82, 2.24) is 10.3 Å². The molecule has 4 rings (SSSR count). The number of nitrogens with zero attached hydrogens (tertiary/aromatic N) is 2. The third kappa shape index (κ3) is 5.02. The van der Waals surface area contributed by atoms with Crippen molar-refractivity contribution in [3.63, 3.8) is 0 Å². The first-order valence-corrected chi connectivity index (χ1v) is 11.1. The Bertz CT molecular complexity index is 1290. The minimum absolute atomic E-state index is 0.219. The van der Waals surface area contributed by atoms with Crippen LogP contribution in [0.4, 0.5) is 0 Å². The average molecular weight is 483 g/mol. The highest BCUT2D eigenvalue weighted by molar-refractivity contribution is 6.42. The van der Waals surface area contributed by atoms with Gasteiger partial charge in [-0.05, 0) is 53.9 Å². The van der Waals surface area contributed by atoms with Gasteiger partial charge in [-0.2, -0.15) is 0 Å². The van der Waals surface area contributed by atoms with Crippen molar-refractivity contribution >= 4 is 29.2 Å². The Morgan fingerprint density at radius 2 is 1.70 bits per heavy atom. The largest absolute Gasteiger partial charge is 0.497 e. The number of methoxy groups -OCH3 is 1. The van der Waals surface area contributed by atoms with Crippen LogP contribution >= 0.6 is 23.2 Å². The number of H-pyrrole nitrogens is 1. The number of rotatable bonds is 7. The van der Waals surface area contributed by atoms with Gasteiger partial charge in [0.15, 0.2) is 0 Å². The molecule has 0 unspecified atom stereocenters. The number of hydrogen-bond acceptors (Lipinski definition) is 4. The van der Waals surface area contributed by atoms with Crippen molar-refractivity contribution in [1.29, 1.82) is 0 Å². The number of carbonyl (C=O) groups is 1. The Morgan fingerprint density at radius 3 is 2.39 bits per heavy atom. The van der Waals surface area contributed by atoms with Crippen molar-refractivity contribution in [3.05, 3.63) is 88.0 Å². The highest BCUT2D eigenvalue weighted by atomic mass is 35.5. The van der Waals surface area contributed by atoms with Gasteiger partial charge in [0, 0.05) is 5.56 Å². The van der Waals surface area contributed by atoms with E-state index in [0.29, 0.717) is 22.3 Å². The van der Waals surface area contributed by atoms with E-state index >= 15 is 0 Å². The number of halogens is 2. The highest BCUT2D eigenvalue weighted by Crippen LogP contribution is 2.31. The highest BCUT2D eigenvalue weighted by Gasteiger charge is 2.30. The van der Waals surface area contributed by atoms with Gasteiger partial charge in [0.25, 0.3) is 0 Å². The summed E-state index contributed by atoms with van der Waals surface area (Å²) in [5, 5.41) is 8.20. The maximum Gasteiger partial charge on any atom is 0.390 e. The molecule has 0 aliphatic carbocycles. The van der Waals surface area contributed by atoms with Crippen LogP contribution in [0.3, 0.4) is 0 Å². The predicted molar refractivity (Wildman–Crippen MR) is 128 cm³/mol. The molecule has 6 nitrogen and oxygen atoms in total. The summed E-state index contributed by atoms with van der Waals surface area (Å²) in [6.07, 6.45) is 0. The third-order valence-corrected chi connectivity index (χ3v) is 5.87. The zero-order valence-electron chi connectivity index (χ0n) is 18.1. The van der Waals surface area contributed by atoms with E-state index in [-0.39, 0.29) is 12.3 Å². The first kappa shape index (κ1) is 22.8. The fourth-order valence-electron chi connectivity index (χ4n) is 3.53. The minimum Gasteiger partial charge on any atom is -0.497 e. The van der Waals surface area contributed by atoms with Crippen LogP contribution in [0, 0.1) is 0 Å². The lowest BCUT2D eigenvalue weighted by atomic mass is 10.0. The molecule has 0 atom stereocenters. The number of aromatic nitrogens is 3. The lowest BCUT2D eigenvalue weighted by Crippen LogP contribution is -2.38. The topological polar surface area (TPSA) is 68.1 Å². The number of esters is 1. The molecular formula is C25H22Cl2N3O3+. The van der Waals surface area contributed by atoms with Crippen LogP contribution in [0.15, 0.2) is 66.7 Å². The van der Waals surface area contributed by atoms with Crippen molar-refractivity contribution < 1.29 is 19.0 Å². The van der Waals surface area contributed by atoms with Crippen LogP contribution in [-0.4, -0.2) is 30.0 Å². The van der Waals surface area contributed by atoms with E-state index in [1.165, 1.54) is 0 Å². The van der Waals surface area contributed by atoms with E-state index in [9.17, 15) is 4.79 Å². The summed E-state index contributed by atoms with van der Waals surface area (Å²) in [5.41, 5.74) is 4.51. The van der Waals surface area contributed by atoms with E-state index < -0.39 is 5.97 Å². The van der Waals surface area contributed by atoms with Crippen molar-refractivity contribution in [2.24, 2.45) is 0 Å². The maximum absolute atomic E-state index is 12.7. The molecule has 0 aliphatic rings. The molecule has 0 aliphatic heterocycles. The van der Waals surface area contributed by atoms with Crippen molar-refractivity contribution in [3.8, 4) is 28.1 Å². The molecule has 1 N–H and O–H groups in total. The molecule has 1 aromatic heterocycles. The van der Waals surface area contributed by atoms with Gasteiger partial charge in [0.05, 0.1) is 28.9 Å². The molecule has 4 aromatic rings. The summed E-state index contributed by atoms with van der Waals surface area (Å²) in [7, 11) is 1.63. The van der Waals surface area contributed by atoms with Crippen LogP contribution in [0.5, 0.6) is 5.75 Å². The molecule has 168 valence electrons. The quantitative estimate of drug-likeness (QED) is 0.276. The van der Waals surface area contributed by atoms with Gasteiger partial charge in [-0.25, -0.2) is 4.79 Å². The molecule has 0 fully saturated rings. The fraction of sp³-hybridized carbons (Fsp3) is 0.160. The van der Waals surface area contributed by atoms with Gasteiger partial charge in [-0.3, -0.25) is 0 Å². The molecule has 33 heavy (non-hydrogen) atoms. The first-order valence-electron chi connectivity index (χ1n) is 10.3. The molecule has 0 radical (unpaired) electrons. The number of carbonyl (C=O) groups excluding carboxylic acids is 1. The van der Waals surface area contributed by atoms with E-state index in [2.05, 4.69) is 10.3 Å². The zero-order chi connectivity index (χ0) is 23.4. The molecule has 0 spiro atoms. The second-order valence-corrected chi connectivity index (χ2v) is 8.09. The Morgan fingerprint density at radius 1 is 0.970 bits per heavy atom. The van der Waals surface area contributed by atoms with Gasteiger partial charge in [-0.1, -0.05) is 64.8 Å². The number of benzene rings is 3. The molecule has 3 aromatic carbocycles. The van der Waals surface area contributed by atoms with Gasteiger partial charge in [-0.15, -0.1) is 4.68 Å². The number of aromatic amines is 1. The number of hydrogen-bond donors (Lipinski definition) is 1. The van der Waals surface area contributed by atoms with E-state index in [1.54, 1.807) is 20.1 Å². The van der Waals surface area contributed by atoms with Gasteiger partial charge in [0.2, 0.25) is 5.69 Å². The number of ether oxygens (including phenoxy) is 2. The monoisotopic (exact) mass is 482 g/mol. The Balaban J connectivity index is 1.78. The standard InChI is InChI=1S/C25H21Cl2N3O3/c1-3-33-25(31)23-24(30(29-28-23)15-16-7-10-20(32-2)11-8-16)19-6-4-5-17(13-19)18-9-12-21(26)22(27)14-18/h4-14H,3,15H2,1-2H3/p+1. The van der Waals surface area contributed by atoms with Crippen molar-refractivity contribution in [2.45, 2.75) is 13.5 Å². The molecular weight excluding hydrogens is 461 g/mol. The van der Waals surface area contributed by atoms with Crippen molar-refractivity contribution in [2.75, 3.05) is 13.7 Å². The normalized spacial score (nSPS) is 10.8. The van der Waals surface area contributed by atoms with Crippen LogP contribution in [0.2, 0.25) is 10.0 Å². The summed E-state index contributed by atoms with van der Waals surface area (Å²) in [6.45, 7) is 2.50. The van der Waals surface area contributed by atoms with E-state index in [1.807, 2.05) is 65.3 Å². The van der Waals surface area contributed by atoms with Gasteiger partial charge in [0.1, 0.15) is 12.3 Å². The molecule has 0 amide bonds. The average Bonchev–Trinajstić information content (AvgIpc) is 3.25. The summed E-state index contributed by atoms with van der Waals surface area (Å²) < 4.78 is 12.3. The lowest BCUT2D eigenvalue weighted by molar-refractivity contribution is -0.735. The Kier molecular flexibility index (Phi) is 6.96. The Labute approximate surface area is 201 Å². The second-order valence-electron chi connectivity index (χ2n) is 7.27. The van der Waals surface area contributed by atoms with E-state index in [4.69, 9.17) is 32.7 Å². The molecule has 8 heteroatoms. The van der Waals surface area contributed by atoms with Crippen LogP contribution in [-0.2, 0) is 11.3 Å². The third-order valence-electron chi connectivity index (χ3n) is 5.13. The predicted octanol–water partition coefficient (Wildman–Crippen LogP) is 5.57.